The third kappa shape index (κ3) is 4.07. The summed E-state index contributed by atoms with van der Waals surface area (Å²) in [4.78, 5) is 31.7. The predicted molar refractivity (Wildman–Crippen MR) is 117 cm³/mol. The number of hydrogen-bond acceptors (Lipinski definition) is 4. The highest BCUT2D eigenvalue weighted by Gasteiger charge is 2.18. The first-order valence-corrected chi connectivity index (χ1v) is 9.58. The van der Waals surface area contributed by atoms with E-state index in [1.165, 1.54) is 10.8 Å². The van der Waals surface area contributed by atoms with Crippen molar-refractivity contribution in [3.63, 3.8) is 0 Å². The average molecular weight is 399 g/mol. The number of amides is 1. The summed E-state index contributed by atoms with van der Waals surface area (Å²) < 4.78 is 6.70. The summed E-state index contributed by atoms with van der Waals surface area (Å²) in [6.45, 7) is 0.310. The fraction of sp³-hybridized carbons (Fsp3) is 0.125. The molecular formula is C24H21N3O3. The van der Waals surface area contributed by atoms with Gasteiger partial charge in [0.15, 0.2) is 0 Å². The van der Waals surface area contributed by atoms with Crippen LogP contribution in [0.15, 0.2) is 89.9 Å². The van der Waals surface area contributed by atoms with Gasteiger partial charge in [0.2, 0.25) is 5.91 Å². The summed E-state index contributed by atoms with van der Waals surface area (Å²) in [5.74, 6) is 0.518. The number of para-hydroxylation sites is 2. The maximum Gasteiger partial charge on any atom is 0.269 e. The van der Waals surface area contributed by atoms with Gasteiger partial charge in [0.25, 0.3) is 5.56 Å². The summed E-state index contributed by atoms with van der Waals surface area (Å²) in [6, 6.07) is 24.4. The van der Waals surface area contributed by atoms with E-state index in [1.807, 2.05) is 72.8 Å². The molecule has 0 radical (unpaired) electrons. The molecule has 0 aliphatic rings. The van der Waals surface area contributed by atoms with Crippen molar-refractivity contribution in [2.75, 3.05) is 12.0 Å². The van der Waals surface area contributed by atoms with E-state index in [1.54, 1.807) is 18.1 Å². The van der Waals surface area contributed by atoms with E-state index in [0.717, 1.165) is 11.3 Å². The molecule has 0 bridgehead atoms. The summed E-state index contributed by atoms with van der Waals surface area (Å²) in [7, 11) is 1.60. The van der Waals surface area contributed by atoms with Gasteiger partial charge in [-0.25, -0.2) is 4.98 Å². The summed E-state index contributed by atoms with van der Waals surface area (Å²) in [5, 5.41) is 0. The van der Waals surface area contributed by atoms with Crippen LogP contribution in [0.1, 0.15) is 5.56 Å². The molecule has 0 fully saturated rings. The Bertz CT molecular complexity index is 1220. The van der Waals surface area contributed by atoms with Crippen LogP contribution in [0.3, 0.4) is 0 Å². The van der Waals surface area contributed by atoms with Gasteiger partial charge in [-0.15, -0.1) is 0 Å². The highest BCUT2D eigenvalue weighted by Crippen LogP contribution is 2.22. The maximum absolute atomic E-state index is 13.4. The molecule has 4 aromatic rings. The van der Waals surface area contributed by atoms with Crippen LogP contribution in [0.25, 0.3) is 11.0 Å². The first kappa shape index (κ1) is 19.4. The van der Waals surface area contributed by atoms with Gasteiger partial charge in [0.05, 0.1) is 30.9 Å². The van der Waals surface area contributed by atoms with Gasteiger partial charge < -0.3 is 9.64 Å². The van der Waals surface area contributed by atoms with Gasteiger partial charge in [-0.1, -0.05) is 42.5 Å². The van der Waals surface area contributed by atoms with Crippen molar-refractivity contribution in [1.82, 2.24) is 9.55 Å². The maximum atomic E-state index is 13.4. The largest absolute Gasteiger partial charge is 0.497 e. The predicted octanol–water partition coefficient (Wildman–Crippen LogP) is 3.64. The van der Waals surface area contributed by atoms with E-state index >= 15 is 0 Å². The van der Waals surface area contributed by atoms with Crippen molar-refractivity contribution < 1.29 is 9.53 Å². The second-order valence-corrected chi connectivity index (χ2v) is 6.83. The normalized spacial score (nSPS) is 10.7. The van der Waals surface area contributed by atoms with Crippen LogP contribution in [0.5, 0.6) is 5.75 Å². The Morgan fingerprint density at radius 1 is 0.967 bits per heavy atom. The number of fused-ring (bicyclic) bond motifs is 1. The van der Waals surface area contributed by atoms with Crippen LogP contribution in [-0.4, -0.2) is 22.6 Å². The lowest BCUT2D eigenvalue weighted by atomic mass is 10.2. The number of anilines is 1. The SMILES string of the molecule is COc1ccc(N(Cc2ccccc2)C(=O)Cn2c(=O)cnc3ccccc32)cc1. The number of benzene rings is 3. The monoisotopic (exact) mass is 399 g/mol. The van der Waals surface area contributed by atoms with E-state index in [4.69, 9.17) is 4.74 Å². The third-order valence-corrected chi connectivity index (χ3v) is 4.91. The van der Waals surface area contributed by atoms with E-state index in [0.29, 0.717) is 23.3 Å². The van der Waals surface area contributed by atoms with Crippen LogP contribution in [-0.2, 0) is 17.9 Å². The molecule has 1 aromatic heterocycles. The molecule has 3 aromatic carbocycles. The van der Waals surface area contributed by atoms with Gasteiger partial charge in [0, 0.05) is 5.69 Å². The lowest BCUT2D eigenvalue weighted by molar-refractivity contribution is -0.119. The molecular weight excluding hydrogens is 378 g/mol. The molecule has 0 N–H and O–H groups in total. The average Bonchev–Trinajstić information content (AvgIpc) is 2.80. The molecule has 1 amide bonds. The molecule has 6 heteroatoms. The molecule has 0 aliphatic heterocycles. The number of nitrogens with zero attached hydrogens (tertiary/aromatic N) is 3. The Hall–Kier alpha value is -3.93. The van der Waals surface area contributed by atoms with Crippen LogP contribution in [0.2, 0.25) is 0 Å². The minimum absolute atomic E-state index is 0.0826. The Morgan fingerprint density at radius 3 is 2.40 bits per heavy atom. The Balaban J connectivity index is 1.70. The second-order valence-electron chi connectivity index (χ2n) is 6.83. The minimum Gasteiger partial charge on any atom is -0.497 e. The van der Waals surface area contributed by atoms with Gasteiger partial charge in [-0.3, -0.25) is 14.2 Å². The van der Waals surface area contributed by atoms with Gasteiger partial charge in [0.1, 0.15) is 12.3 Å². The summed E-state index contributed by atoms with van der Waals surface area (Å²) in [6.07, 6.45) is 1.25. The zero-order valence-electron chi connectivity index (χ0n) is 16.6. The molecule has 0 aliphatic carbocycles. The van der Waals surface area contributed by atoms with Gasteiger partial charge in [-0.2, -0.15) is 0 Å². The number of carbonyl (C=O) groups excluding carboxylic acids is 1. The molecule has 4 rings (SSSR count). The lowest BCUT2D eigenvalue weighted by Crippen LogP contribution is -2.36. The molecule has 150 valence electrons. The molecule has 0 unspecified atom stereocenters. The van der Waals surface area contributed by atoms with E-state index in [-0.39, 0.29) is 18.0 Å². The quantitative estimate of drug-likeness (QED) is 0.497. The van der Waals surface area contributed by atoms with Gasteiger partial charge >= 0.3 is 0 Å². The van der Waals surface area contributed by atoms with Crippen molar-refractivity contribution >= 4 is 22.6 Å². The molecule has 0 atom stereocenters. The molecule has 0 saturated heterocycles. The first-order chi connectivity index (χ1) is 14.7. The number of methoxy groups -OCH3 is 1. The molecule has 0 saturated carbocycles. The molecule has 30 heavy (non-hydrogen) atoms. The third-order valence-electron chi connectivity index (χ3n) is 4.91. The first-order valence-electron chi connectivity index (χ1n) is 9.58. The zero-order valence-corrected chi connectivity index (χ0v) is 16.6. The van der Waals surface area contributed by atoms with Crippen molar-refractivity contribution in [1.29, 1.82) is 0 Å². The zero-order chi connectivity index (χ0) is 20.9. The second kappa shape index (κ2) is 8.61. The highest BCUT2D eigenvalue weighted by atomic mass is 16.5. The number of rotatable bonds is 6. The standard InChI is InChI=1S/C24H21N3O3/c1-30-20-13-11-19(12-14-20)26(16-18-7-3-2-4-8-18)24(29)17-27-22-10-6-5-9-21(22)25-15-23(27)28/h2-15H,16-17H2,1H3. The highest BCUT2D eigenvalue weighted by molar-refractivity contribution is 5.94. The van der Waals surface area contributed by atoms with Crippen molar-refractivity contribution in [2.24, 2.45) is 0 Å². The van der Waals surface area contributed by atoms with Gasteiger partial charge in [-0.05, 0) is 42.0 Å². The fourth-order valence-corrected chi connectivity index (χ4v) is 3.35. The minimum atomic E-state index is -0.309. The van der Waals surface area contributed by atoms with Crippen LogP contribution in [0.4, 0.5) is 5.69 Å². The lowest BCUT2D eigenvalue weighted by Gasteiger charge is -2.24. The number of aromatic nitrogens is 2. The van der Waals surface area contributed by atoms with Crippen molar-refractivity contribution in [3.8, 4) is 5.75 Å². The number of hydrogen-bond donors (Lipinski definition) is 0. The van der Waals surface area contributed by atoms with Crippen LogP contribution in [0, 0.1) is 0 Å². The Labute approximate surface area is 174 Å². The molecule has 1 heterocycles. The Morgan fingerprint density at radius 2 is 1.67 bits per heavy atom. The van der Waals surface area contributed by atoms with Crippen LogP contribution >= 0.6 is 0 Å². The topological polar surface area (TPSA) is 64.4 Å². The van der Waals surface area contributed by atoms with E-state index in [2.05, 4.69) is 4.98 Å². The fourth-order valence-electron chi connectivity index (χ4n) is 3.35. The van der Waals surface area contributed by atoms with Crippen molar-refractivity contribution in [3.05, 3.63) is 101 Å². The molecule has 6 nitrogen and oxygen atoms in total. The van der Waals surface area contributed by atoms with E-state index in [9.17, 15) is 9.59 Å². The summed E-state index contributed by atoms with van der Waals surface area (Å²) >= 11 is 0. The molecule has 0 spiro atoms. The van der Waals surface area contributed by atoms with Crippen molar-refractivity contribution in [2.45, 2.75) is 13.1 Å². The van der Waals surface area contributed by atoms with E-state index < -0.39 is 0 Å². The number of carbonyl (C=O) groups is 1. The Kier molecular flexibility index (Phi) is 5.57. The smallest absolute Gasteiger partial charge is 0.269 e. The number of ether oxygens (including phenoxy) is 1. The van der Waals surface area contributed by atoms with Crippen LogP contribution < -0.4 is 15.2 Å². The summed E-state index contributed by atoms with van der Waals surface area (Å²) in [5.41, 5.74) is 2.72.